The summed E-state index contributed by atoms with van der Waals surface area (Å²) >= 11 is 0. The average molecular weight is 353 g/mol. The molecule has 2 heterocycles. The van der Waals surface area contributed by atoms with Gasteiger partial charge in [-0.1, -0.05) is 37.6 Å². The number of aliphatic hydroxyl groups is 1. The number of ether oxygens (including phenoxy) is 1. The van der Waals surface area contributed by atoms with Gasteiger partial charge in [-0.25, -0.2) is 9.97 Å². The van der Waals surface area contributed by atoms with Crippen LogP contribution in [0.25, 0.3) is 10.9 Å². The highest BCUT2D eigenvalue weighted by Gasteiger charge is 2.13. The minimum Gasteiger partial charge on any atom is -0.482 e. The number of nitrogen functional groups attached to an aromatic ring is 1. The van der Waals surface area contributed by atoms with E-state index in [-0.39, 0.29) is 25.2 Å². The van der Waals surface area contributed by atoms with E-state index in [1.165, 1.54) is 6.20 Å². The van der Waals surface area contributed by atoms with Gasteiger partial charge >= 0.3 is 0 Å². The second-order valence-corrected chi connectivity index (χ2v) is 6.04. The summed E-state index contributed by atoms with van der Waals surface area (Å²) in [7, 11) is 0. The molecule has 7 nitrogen and oxygen atoms in total. The zero-order valence-electron chi connectivity index (χ0n) is 14.7. The summed E-state index contributed by atoms with van der Waals surface area (Å²) in [4.78, 5) is 12.8. The molecule has 0 bridgehead atoms. The highest BCUT2D eigenvalue weighted by Crippen LogP contribution is 2.24. The predicted octanol–water partition coefficient (Wildman–Crippen LogP) is 2.76. The van der Waals surface area contributed by atoms with Gasteiger partial charge in [-0.05, 0) is 18.6 Å². The smallest absolute Gasteiger partial charge is 0.222 e. The molecule has 136 valence electrons. The van der Waals surface area contributed by atoms with E-state index >= 15 is 0 Å². The Morgan fingerprint density at radius 1 is 1.19 bits per heavy atom. The van der Waals surface area contributed by atoms with Crippen molar-refractivity contribution in [3.8, 4) is 5.75 Å². The molecule has 3 aromatic rings. The van der Waals surface area contributed by atoms with E-state index in [4.69, 9.17) is 10.5 Å². The van der Waals surface area contributed by atoms with Gasteiger partial charge < -0.3 is 20.9 Å². The fraction of sp³-hybridized carbons (Fsp3) is 0.316. The van der Waals surface area contributed by atoms with Crippen LogP contribution in [-0.2, 0) is 6.61 Å². The maximum absolute atomic E-state index is 9.50. The molecule has 0 saturated carbocycles. The molecule has 0 aliphatic heterocycles. The molecule has 0 fully saturated rings. The number of nitrogens with zero attached hydrogens (tertiary/aromatic N) is 3. The van der Waals surface area contributed by atoms with Gasteiger partial charge in [0.15, 0.2) is 11.6 Å². The number of pyridine rings is 1. The molecule has 0 saturated heterocycles. The second kappa shape index (κ2) is 8.44. The van der Waals surface area contributed by atoms with E-state index < -0.39 is 0 Å². The second-order valence-electron chi connectivity index (χ2n) is 6.04. The number of benzene rings is 1. The Labute approximate surface area is 152 Å². The van der Waals surface area contributed by atoms with Crippen molar-refractivity contribution in [3.05, 3.63) is 48.3 Å². The van der Waals surface area contributed by atoms with Gasteiger partial charge in [0, 0.05) is 5.39 Å². The highest BCUT2D eigenvalue weighted by molar-refractivity contribution is 5.78. The Bertz CT molecular complexity index is 871. The Morgan fingerprint density at radius 3 is 2.85 bits per heavy atom. The molecule has 0 aliphatic carbocycles. The van der Waals surface area contributed by atoms with Crippen LogP contribution in [0.2, 0.25) is 0 Å². The van der Waals surface area contributed by atoms with Crippen molar-refractivity contribution in [1.29, 1.82) is 0 Å². The molecule has 4 N–H and O–H groups in total. The summed E-state index contributed by atoms with van der Waals surface area (Å²) < 4.78 is 5.86. The van der Waals surface area contributed by atoms with Gasteiger partial charge in [-0.3, -0.25) is 0 Å². The van der Waals surface area contributed by atoms with Crippen LogP contribution in [0.15, 0.2) is 42.6 Å². The number of aliphatic hydroxyl groups excluding tert-OH is 1. The van der Waals surface area contributed by atoms with Crippen LogP contribution in [-0.4, -0.2) is 32.7 Å². The molecular weight excluding hydrogens is 330 g/mol. The molecule has 26 heavy (non-hydrogen) atoms. The molecule has 2 aromatic heterocycles. The first-order chi connectivity index (χ1) is 12.7. The van der Waals surface area contributed by atoms with Crippen molar-refractivity contribution in [1.82, 2.24) is 15.0 Å². The quantitative estimate of drug-likeness (QED) is 0.571. The summed E-state index contributed by atoms with van der Waals surface area (Å²) in [6.07, 6.45) is 3.29. The molecular formula is C19H23N5O2. The maximum Gasteiger partial charge on any atom is 0.222 e. The largest absolute Gasteiger partial charge is 0.482 e. The normalized spacial score (nSPS) is 12.1. The lowest BCUT2D eigenvalue weighted by Gasteiger charge is -2.18. The van der Waals surface area contributed by atoms with Crippen molar-refractivity contribution >= 4 is 22.7 Å². The Morgan fingerprint density at radius 2 is 2.04 bits per heavy atom. The van der Waals surface area contributed by atoms with Gasteiger partial charge in [0.25, 0.3) is 0 Å². The van der Waals surface area contributed by atoms with Crippen molar-refractivity contribution in [2.75, 3.05) is 17.7 Å². The molecule has 0 spiro atoms. The fourth-order valence-electron chi connectivity index (χ4n) is 2.68. The third-order valence-electron chi connectivity index (χ3n) is 4.00. The highest BCUT2D eigenvalue weighted by atomic mass is 16.5. The number of hydrogen-bond acceptors (Lipinski definition) is 7. The molecule has 1 unspecified atom stereocenters. The molecule has 1 atom stereocenters. The first-order valence-electron chi connectivity index (χ1n) is 8.67. The van der Waals surface area contributed by atoms with E-state index in [9.17, 15) is 5.11 Å². The van der Waals surface area contributed by atoms with Crippen LogP contribution < -0.4 is 15.8 Å². The lowest BCUT2D eigenvalue weighted by atomic mass is 10.2. The van der Waals surface area contributed by atoms with E-state index in [0.717, 1.165) is 29.4 Å². The Hall–Kier alpha value is -2.93. The van der Waals surface area contributed by atoms with Crippen LogP contribution in [0.5, 0.6) is 5.75 Å². The zero-order chi connectivity index (χ0) is 18.4. The van der Waals surface area contributed by atoms with E-state index in [1.54, 1.807) is 0 Å². The van der Waals surface area contributed by atoms with Crippen LogP contribution in [0.1, 0.15) is 25.5 Å². The molecule has 7 heteroatoms. The van der Waals surface area contributed by atoms with Gasteiger partial charge in [-0.2, -0.15) is 4.98 Å². The lowest BCUT2D eigenvalue weighted by Crippen LogP contribution is -2.24. The van der Waals surface area contributed by atoms with Crippen molar-refractivity contribution in [3.63, 3.8) is 0 Å². The van der Waals surface area contributed by atoms with E-state index in [1.807, 2.05) is 36.4 Å². The molecule has 0 aliphatic rings. The van der Waals surface area contributed by atoms with Crippen molar-refractivity contribution in [2.24, 2.45) is 0 Å². The fourth-order valence-corrected chi connectivity index (χ4v) is 2.68. The number of hydrogen-bond donors (Lipinski definition) is 3. The number of anilines is 2. The number of para-hydroxylation sites is 1. The van der Waals surface area contributed by atoms with Crippen LogP contribution in [0.3, 0.4) is 0 Å². The standard InChI is InChI=1S/C19H23N5O2/c1-2-5-14(11-25)23-18-17(10-21-19(20)24-18)26-12-15-9-8-13-6-3-4-7-16(13)22-15/h3-4,6-10,14,25H,2,5,11-12H2,1H3,(H3,20,21,23,24). The number of fused-ring (bicyclic) bond motifs is 1. The summed E-state index contributed by atoms with van der Waals surface area (Å²) in [6.45, 7) is 2.34. The monoisotopic (exact) mass is 353 g/mol. The first-order valence-corrected chi connectivity index (χ1v) is 8.67. The average Bonchev–Trinajstić information content (AvgIpc) is 2.67. The molecule has 0 radical (unpaired) electrons. The Kier molecular flexibility index (Phi) is 5.80. The van der Waals surface area contributed by atoms with Gasteiger partial charge in [0.1, 0.15) is 6.61 Å². The third kappa shape index (κ3) is 4.37. The first kappa shape index (κ1) is 17.9. The summed E-state index contributed by atoms with van der Waals surface area (Å²) in [5.74, 6) is 1.10. The zero-order valence-corrected chi connectivity index (χ0v) is 14.7. The topological polar surface area (TPSA) is 106 Å². The third-order valence-corrected chi connectivity index (χ3v) is 4.00. The maximum atomic E-state index is 9.50. The minimum atomic E-state index is -0.115. The van der Waals surface area contributed by atoms with Crippen molar-refractivity contribution < 1.29 is 9.84 Å². The number of rotatable bonds is 8. The Balaban J connectivity index is 1.75. The molecule has 0 amide bonds. The summed E-state index contributed by atoms with van der Waals surface area (Å²) in [5, 5.41) is 13.8. The number of nitrogens with one attached hydrogen (secondary N) is 1. The summed E-state index contributed by atoms with van der Waals surface area (Å²) in [6, 6.07) is 11.8. The van der Waals surface area contributed by atoms with Crippen molar-refractivity contribution in [2.45, 2.75) is 32.4 Å². The van der Waals surface area contributed by atoms with Crippen LogP contribution >= 0.6 is 0 Å². The summed E-state index contributed by atoms with van der Waals surface area (Å²) in [5.41, 5.74) is 7.42. The van der Waals surface area contributed by atoms with Gasteiger partial charge in [-0.15, -0.1) is 0 Å². The lowest BCUT2D eigenvalue weighted by molar-refractivity contribution is 0.266. The predicted molar refractivity (Wildman–Crippen MR) is 102 cm³/mol. The van der Waals surface area contributed by atoms with Gasteiger partial charge in [0.05, 0.1) is 30.1 Å². The molecule has 3 rings (SSSR count). The van der Waals surface area contributed by atoms with E-state index in [2.05, 4.69) is 27.2 Å². The van der Waals surface area contributed by atoms with Crippen LogP contribution in [0.4, 0.5) is 11.8 Å². The molecule has 1 aromatic carbocycles. The minimum absolute atomic E-state index is 0.00339. The van der Waals surface area contributed by atoms with E-state index in [0.29, 0.717) is 11.6 Å². The SMILES string of the molecule is CCCC(CO)Nc1nc(N)ncc1OCc1ccc2ccccc2n1. The van der Waals surface area contributed by atoms with Gasteiger partial charge in [0.2, 0.25) is 5.95 Å². The van der Waals surface area contributed by atoms with Crippen LogP contribution in [0, 0.1) is 0 Å². The number of aromatic nitrogens is 3. The number of nitrogens with two attached hydrogens (primary N) is 1.